The third-order valence-electron chi connectivity index (χ3n) is 5.15. The molecule has 1 saturated heterocycles. The van der Waals surface area contributed by atoms with Crippen LogP contribution in [-0.2, 0) is 16.4 Å². The van der Waals surface area contributed by atoms with Crippen molar-refractivity contribution in [2.24, 2.45) is 0 Å². The van der Waals surface area contributed by atoms with Crippen LogP contribution < -0.4 is 4.72 Å². The van der Waals surface area contributed by atoms with E-state index in [-0.39, 0.29) is 6.04 Å². The highest BCUT2D eigenvalue weighted by molar-refractivity contribution is 7.89. The number of sulfonamides is 1. The van der Waals surface area contributed by atoms with Crippen molar-refractivity contribution >= 4 is 21.4 Å². The molecule has 1 N–H and O–H groups in total. The van der Waals surface area contributed by atoms with Gasteiger partial charge in [-0.1, -0.05) is 25.5 Å². The molecule has 3 rings (SSSR count). The van der Waals surface area contributed by atoms with Gasteiger partial charge in [-0.15, -0.1) is 0 Å². The molecule has 5 nitrogen and oxygen atoms in total. The summed E-state index contributed by atoms with van der Waals surface area (Å²) in [5, 5.41) is 4.18. The number of aryl methyl sites for hydroxylation is 1. The van der Waals surface area contributed by atoms with E-state index in [2.05, 4.69) is 45.3 Å². The van der Waals surface area contributed by atoms with Crippen LogP contribution in [0.5, 0.6) is 0 Å². The Balaban J connectivity index is 1.70. The van der Waals surface area contributed by atoms with Gasteiger partial charge in [-0.05, 0) is 53.6 Å². The normalized spacial score (nSPS) is 17.9. The average molecular weight is 408 g/mol. The molecule has 0 bridgehead atoms. The van der Waals surface area contributed by atoms with E-state index in [1.807, 2.05) is 12.1 Å². The Morgan fingerprint density at radius 1 is 1.11 bits per heavy atom. The summed E-state index contributed by atoms with van der Waals surface area (Å²) in [5.74, 6) is 0. The van der Waals surface area contributed by atoms with E-state index >= 15 is 0 Å². The van der Waals surface area contributed by atoms with Gasteiger partial charge in [0.05, 0.1) is 4.90 Å². The predicted octanol–water partition coefficient (Wildman–Crippen LogP) is 2.97. The van der Waals surface area contributed by atoms with Gasteiger partial charge < -0.3 is 4.90 Å². The molecule has 1 aromatic heterocycles. The molecular formula is C20H29N3O2S2. The zero-order chi connectivity index (χ0) is 19.3. The van der Waals surface area contributed by atoms with Gasteiger partial charge in [0.15, 0.2) is 0 Å². The molecule has 1 atom stereocenters. The lowest BCUT2D eigenvalue weighted by Crippen LogP contribution is -2.48. The Labute approximate surface area is 167 Å². The number of hydrogen-bond donors (Lipinski definition) is 1. The maximum Gasteiger partial charge on any atom is 0.240 e. The van der Waals surface area contributed by atoms with Crippen LogP contribution in [0, 0.1) is 0 Å². The molecule has 0 saturated carbocycles. The van der Waals surface area contributed by atoms with Gasteiger partial charge in [0, 0.05) is 38.8 Å². The molecule has 1 unspecified atom stereocenters. The summed E-state index contributed by atoms with van der Waals surface area (Å²) in [5.41, 5.74) is 2.36. The quantitative estimate of drug-likeness (QED) is 0.731. The van der Waals surface area contributed by atoms with E-state index in [1.54, 1.807) is 23.5 Å². The second-order valence-corrected chi connectivity index (χ2v) is 9.70. The van der Waals surface area contributed by atoms with Crippen molar-refractivity contribution in [3.05, 3.63) is 52.2 Å². The first-order chi connectivity index (χ1) is 13.0. The van der Waals surface area contributed by atoms with Gasteiger partial charge in [0.2, 0.25) is 10.0 Å². The number of likely N-dealkylation sites (N-methyl/N-ethyl adjacent to an activating group) is 1. The van der Waals surface area contributed by atoms with Crippen molar-refractivity contribution in [2.75, 3.05) is 39.8 Å². The van der Waals surface area contributed by atoms with Crippen molar-refractivity contribution in [1.82, 2.24) is 14.5 Å². The number of nitrogens with zero attached hydrogens (tertiary/aromatic N) is 2. The first-order valence-electron chi connectivity index (χ1n) is 9.53. The highest BCUT2D eigenvalue weighted by atomic mass is 32.2. The Morgan fingerprint density at radius 2 is 1.81 bits per heavy atom. The van der Waals surface area contributed by atoms with Crippen molar-refractivity contribution in [1.29, 1.82) is 0 Å². The summed E-state index contributed by atoms with van der Waals surface area (Å²) in [6.45, 7) is 6.42. The molecule has 0 radical (unpaired) electrons. The number of thiophene rings is 1. The van der Waals surface area contributed by atoms with Gasteiger partial charge in [0.1, 0.15) is 0 Å². The van der Waals surface area contributed by atoms with Crippen LogP contribution in [0.2, 0.25) is 0 Å². The van der Waals surface area contributed by atoms with Crippen LogP contribution in [0.25, 0.3) is 0 Å². The van der Waals surface area contributed by atoms with Crippen LogP contribution in [0.4, 0.5) is 0 Å². The van der Waals surface area contributed by atoms with Crippen LogP contribution in [0.15, 0.2) is 46.0 Å². The molecule has 148 valence electrons. The maximum absolute atomic E-state index is 12.8. The topological polar surface area (TPSA) is 52.7 Å². The molecule has 1 fully saturated rings. The van der Waals surface area contributed by atoms with Crippen molar-refractivity contribution in [2.45, 2.75) is 30.7 Å². The van der Waals surface area contributed by atoms with Gasteiger partial charge in [0.25, 0.3) is 0 Å². The predicted molar refractivity (Wildman–Crippen MR) is 112 cm³/mol. The monoisotopic (exact) mass is 407 g/mol. The minimum absolute atomic E-state index is 0.0686. The fraction of sp³-hybridized carbons (Fsp3) is 0.500. The van der Waals surface area contributed by atoms with Gasteiger partial charge in [-0.3, -0.25) is 4.90 Å². The second kappa shape index (κ2) is 9.30. The molecule has 1 aliphatic rings. The average Bonchev–Trinajstić information content (AvgIpc) is 3.18. The Morgan fingerprint density at radius 3 is 2.41 bits per heavy atom. The fourth-order valence-corrected chi connectivity index (χ4v) is 5.20. The van der Waals surface area contributed by atoms with Crippen LogP contribution in [0.1, 0.15) is 30.5 Å². The molecular weight excluding hydrogens is 378 g/mol. The first kappa shape index (κ1) is 20.5. The summed E-state index contributed by atoms with van der Waals surface area (Å²) in [6.07, 6.45) is 2.02. The SMILES string of the molecule is CCCc1ccc(S(=O)(=O)NCC(c2ccsc2)N2CCN(C)CC2)cc1. The van der Waals surface area contributed by atoms with Crippen LogP contribution >= 0.6 is 11.3 Å². The third kappa shape index (κ3) is 5.39. The summed E-state index contributed by atoms with van der Waals surface area (Å²) < 4.78 is 28.4. The minimum Gasteiger partial charge on any atom is -0.304 e. The molecule has 0 amide bonds. The zero-order valence-corrected chi connectivity index (χ0v) is 17.7. The zero-order valence-electron chi connectivity index (χ0n) is 16.1. The van der Waals surface area contributed by atoms with Crippen molar-refractivity contribution in [3.8, 4) is 0 Å². The van der Waals surface area contributed by atoms with E-state index in [4.69, 9.17) is 0 Å². The molecule has 2 heterocycles. The van der Waals surface area contributed by atoms with Gasteiger partial charge in [-0.25, -0.2) is 13.1 Å². The van der Waals surface area contributed by atoms with E-state index in [9.17, 15) is 8.42 Å². The molecule has 1 aromatic carbocycles. The number of nitrogens with one attached hydrogen (secondary N) is 1. The van der Waals surface area contributed by atoms with Crippen LogP contribution in [-0.4, -0.2) is 58.0 Å². The Bertz CT molecular complexity index is 796. The second-order valence-electron chi connectivity index (χ2n) is 7.16. The van der Waals surface area contributed by atoms with E-state index in [0.717, 1.165) is 39.0 Å². The summed E-state index contributed by atoms with van der Waals surface area (Å²) in [7, 11) is -1.38. The fourth-order valence-electron chi connectivity index (χ4n) is 3.45. The first-order valence-corrected chi connectivity index (χ1v) is 12.0. The third-order valence-corrected chi connectivity index (χ3v) is 7.29. The number of rotatable bonds is 8. The highest BCUT2D eigenvalue weighted by Crippen LogP contribution is 2.24. The van der Waals surface area contributed by atoms with Gasteiger partial charge >= 0.3 is 0 Å². The summed E-state index contributed by atoms with van der Waals surface area (Å²) in [4.78, 5) is 5.03. The van der Waals surface area contributed by atoms with Gasteiger partial charge in [-0.2, -0.15) is 11.3 Å². The maximum atomic E-state index is 12.8. The Kier molecular flexibility index (Phi) is 7.05. The number of benzene rings is 1. The molecule has 0 aliphatic carbocycles. The van der Waals surface area contributed by atoms with E-state index < -0.39 is 10.0 Å². The summed E-state index contributed by atoms with van der Waals surface area (Å²) in [6, 6.07) is 9.41. The van der Waals surface area contributed by atoms with E-state index in [1.165, 1.54) is 11.1 Å². The molecule has 0 spiro atoms. The lowest BCUT2D eigenvalue weighted by atomic mass is 10.1. The van der Waals surface area contributed by atoms with E-state index in [0.29, 0.717) is 11.4 Å². The smallest absolute Gasteiger partial charge is 0.240 e. The van der Waals surface area contributed by atoms with Crippen molar-refractivity contribution < 1.29 is 8.42 Å². The standard InChI is InChI=1S/C20H29N3O2S2/c1-3-4-17-5-7-19(8-6-17)27(24,25)21-15-20(18-9-14-26-16-18)23-12-10-22(2)11-13-23/h5-9,14,16,20-21H,3-4,10-13,15H2,1-2H3. The molecule has 7 heteroatoms. The molecule has 1 aliphatic heterocycles. The molecule has 2 aromatic rings. The largest absolute Gasteiger partial charge is 0.304 e. The highest BCUT2D eigenvalue weighted by Gasteiger charge is 2.26. The number of piperazine rings is 1. The Hall–Kier alpha value is -1.25. The molecule has 27 heavy (non-hydrogen) atoms. The van der Waals surface area contributed by atoms with Crippen molar-refractivity contribution in [3.63, 3.8) is 0 Å². The van der Waals surface area contributed by atoms with Crippen LogP contribution in [0.3, 0.4) is 0 Å². The lowest BCUT2D eigenvalue weighted by molar-refractivity contribution is 0.113. The lowest BCUT2D eigenvalue weighted by Gasteiger charge is -2.37. The summed E-state index contributed by atoms with van der Waals surface area (Å²) >= 11 is 1.65. The number of hydrogen-bond acceptors (Lipinski definition) is 5. The minimum atomic E-state index is -3.51.